The summed E-state index contributed by atoms with van der Waals surface area (Å²) in [4.78, 5) is 73.1. The number of rotatable bonds is 22. The minimum absolute atomic E-state index is 0.0233. The molecule has 0 aliphatic heterocycles. The molecule has 0 saturated carbocycles. The lowest BCUT2D eigenvalue weighted by atomic mass is 10.1. The fourth-order valence-electron chi connectivity index (χ4n) is 5.40. The third-order valence-electron chi connectivity index (χ3n) is 8.80. The van der Waals surface area contributed by atoms with Crippen molar-refractivity contribution in [2.45, 2.75) is 33.0 Å². The zero-order valence-electron chi connectivity index (χ0n) is 34.4. The Hall–Kier alpha value is -8.00. The number of ether oxygens (including phenoxy) is 8. The van der Waals surface area contributed by atoms with Gasteiger partial charge in [0.2, 0.25) is 0 Å². The molecule has 14 nitrogen and oxygen atoms in total. The molecule has 0 spiro atoms. The van der Waals surface area contributed by atoms with Gasteiger partial charge in [-0.15, -0.1) is 0 Å². The number of esters is 6. The molecular formula is C49H44O14. The normalized spacial score (nSPS) is 10.4. The maximum atomic E-state index is 12.9. The molecule has 0 aliphatic carbocycles. The van der Waals surface area contributed by atoms with Gasteiger partial charge in [0.05, 0.1) is 48.7 Å². The third kappa shape index (κ3) is 14.9. The summed E-state index contributed by atoms with van der Waals surface area (Å²) >= 11 is 0. The SMILES string of the molecule is C=CC(=O)OCCCOc1ccc(C(=O)OCc2ccc(C(=O)Oc3ccc(OC(=O)c4ccc(COC(=O)c5ccc(OCCCOC(=O)C=C)cc5)cc4)c(C)c3)cc2)cc1. The van der Waals surface area contributed by atoms with E-state index in [1.54, 1.807) is 110 Å². The summed E-state index contributed by atoms with van der Waals surface area (Å²) in [6.07, 6.45) is 3.18. The summed E-state index contributed by atoms with van der Waals surface area (Å²) in [6, 6.07) is 30.3. The molecule has 5 rings (SSSR count). The fraction of sp³-hybridized carbons (Fsp3) is 0.184. The van der Waals surface area contributed by atoms with E-state index in [2.05, 4.69) is 13.2 Å². The Kier molecular flexibility index (Phi) is 17.3. The van der Waals surface area contributed by atoms with E-state index in [1.807, 2.05) is 0 Å². The number of carbonyl (C=O) groups excluding carboxylic acids is 6. The summed E-state index contributed by atoms with van der Waals surface area (Å²) in [5.74, 6) is -1.68. The van der Waals surface area contributed by atoms with Gasteiger partial charge in [0.25, 0.3) is 0 Å². The summed E-state index contributed by atoms with van der Waals surface area (Å²) in [6.45, 7) is 9.38. The Morgan fingerprint density at radius 1 is 0.444 bits per heavy atom. The van der Waals surface area contributed by atoms with Crippen molar-refractivity contribution in [3.8, 4) is 23.0 Å². The smallest absolute Gasteiger partial charge is 0.343 e. The molecule has 0 N–H and O–H groups in total. The molecule has 0 unspecified atom stereocenters. The van der Waals surface area contributed by atoms with Gasteiger partial charge >= 0.3 is 35.8 Å². The zero-order chi connectivity index (χ0) is 45.0. The summed E-state index contributed by atoms with van der Waals surface area (Å²) in [7, 11) is 0. The first-order valence-corrected chi connectivity index (χ1v) is 19.6. The van der Waals surface area contributed by atoms with Crippen molar-refractivity contribution in [1.82, 2.24) is 0 Å². The Morgan fingerprint density at radius 2 is 0.825 bits per heavy atom. The molecule has 0 atom stereocenters. The van der Waals surface area contributed by atoms with E-state index in [0.717, 1.165) is 12.2 Å². The van der Waals surface area contributed by atoms with E-state index >= 15 is 0 Å². The van der Waals surface area contributed by atoms with Gasteiger partial charge in [-0.2, -0.15) is 0 Å². The zero-order valence-corrected chi connectivity index (χ0v) is 34.4. The van der Waals surface area contributed by atoms with Gasteiger partial charge in [0.15, 0.2) is 0 Å². The van der Waals surface area contributed by atoms with Crippen molar-refractivity contribution in [3.05, 3.63) is 180 Å². The van der Waals surface area contributed by atoms with Crippen LogP contribution in [0.25, 0.3) is 0 Å². The lowest BCUT2D eigenvalue weighted by Crippen LogP contribution is -2.11. The Labute approximate surface area is 363 Å². The number of benzene rings is 5. The lowest BCUT2D eigenvalue weighted by Gasteiger charge is -2.11. The summed E-state index contributed by atoms with van der Waals surface area (Å²) < 4.78 is 42.9. The fourth-order valence-corrected chi connectivity index (χ4v) is 5.40. The van der Waals surface area contributed by atoms with E-state index in [-0.39, 0.29) is 49.1 Å². The van der Waals surface area contributed by atoms with Crippen LogP contribution in [0, 0.1) is 6.92 Å². The van der Waals surface area contributed by atoms with Crippen LogP contribution in [0.15, 0.2) is 141 Å². The average Bonchev–Trinajstić information content (AvgIpc) is 3.31. The molecule has 0 aliphatic rings. The standard InChI is InChI=1S/C49H44O14/c1-4-44(50)58-28-6-26-56-40-20-16-36(17-21-40)46(52)60-31-34-8-12-38(13-9-34)48(54)62-42-24-25-43(33(3)30-42)63-49(55)39-14-10-35(11-15-39)32-61-47(53)37-18-22-41(23-19-37)57-27-7-29-59-45(51)5-2/h4-5,8-25,30H,1-2,6-7,26-29,31-32H2,3H3. The quantitative estimate of drug-likeness (QED) is 0.0214. The molecule has 0 fully saturated rings. The molecule has 0 saturated heterocycles. The van der Waals surface area contributed by atoms with Gasteiger partial charge in [-0.25, -0.2) is 28.8 Å². The summed E-state index contributed by atoms with van der Waals surface area (Å²) in [5, 5.41) is 0. The van der Waals surface area contributed by atoms with Gasteiger partial charge in [0, 0.05) is 25.0 Å². The largest absolute Gasteiger partial charge is 0.493 e. The van der Waals surface area contributed by atoms with Crippen LogP contribution in [0.2, 0.25) is 0 Å². The Morgan fingerprint density at radius 3 is 1.24 bits per heavy atom. The molecule has 0 bridgehead atoms. The van der Waals surface area contributed by atoms with E-state index < -0.39 is 35.8 Å². The van der Waals surface area contributed by atoms with E-state index in [1.165, 1.54) is 12.1 Å². The van der Waals surface area contributed by atoms with Crippen LogP contribution in [-0.2, 0) is 41.8 Å². The first-order valence-electron chi connectivity index (χ1n) is 19.6. The molecule has 63 heavy (non-hydrogen) atoms. The first-order chi connectivity index (χ1) is 30.5. The van der Waals surface area contributed by atoms with Crippen molar-refractivity contribution in [3.63, 3.8) is 0 Å². The highest BCUT2D eigenvalue weighted by Gasteiger charge is 2.15. The van der Waals surface area contributed by atoms with Crippen molar-refractivity contribution in [2.24, 2.45) is 0 Å². The van der Waals surface area contributed by atoms with Gasteiger partial charge in [-0.1, -0.05) is 37.4 Å². The van der Waals surface area contributed by atoms with Crippen molar-refractivity contribution in [2.75, 3.05) is 26.4 Å². The minimum atomic E-state index is -0.616. The average molecular weight is 857 g/mol. The molecule has 0 heterocycles. The van der Waals surface area contributed by atoms with Gasteiger partial charge in [-0.3, -0.25) is 0 Å². The monoisotopic (exact) mass is 856 g/mol. The number of aryl methyl sites for hydroxylation is 1. The van der Waals surface area contributed by atoms with Crippen LogP contribution in [0.4, 0.5) is 0 Å². The first kappa shape index (κ1) is 46.1. The molecule has 5 aromatic rings. The predicted octanol–water partition coefficient (Wildman–Crippen LogP) is 8.14. The number of carbonyl (C=O) groups is 6. The second-order valence-corrected chi connectivity index (χ2v) is 13.4. The highest BCUT2D eigenvalue weighted by Crippen LogP contribution is 2.26. The van der Waals surface area contributed by atoms with Gasteiger partial charge < -0.3 is 37.9 Å². The van der Waals surface area contributed by atoms with Crippen LogP contribution < -0.4 is 18.9 Å². The third-order valence-corrected chi connectivity index (χ3v) is 8.80. The number of hydrogen-bond donors (Lipinski definition) is 0. The van der Waals surface area contributed by atoms with Crippen LogP contribution in [0.3, 0.4) is 0 Å². The van der Waals surface area contributed by atoms with E-state index in [0.29, 0.717) is 65.4 Å². The minimum Gasteiger partial charge on any atom is -0.493 e. The molecule has 5 aromatic carbocycles. The van der Waals surface area contributed by atoms with Crippen LogP contribution in [-0.4, -0.2) is 62.2 Å². The number of hydrogen-bond acceptors (Lipinski definition) is 14. The van der Waals surface area contributed by atoms with Crippen molar-refractivity contribution < 1.29 is 66.7 Å². The molecule has 14 heteroatoms. The highest BCUT2D eigenvalue weighted by atomic mass is 16.6. The lowest BCUT2D eigenvalue weighted by molar-refractivity contribution is -0.138. The molecule has 324 valence electrons. The molecule has 0 radical (unpaired) electrons. The summed E-state index contributed by atoms with van der Waals surface area (Å²) in [5.41, 5.74) is 3.06. The second kappa shape index (κ2) is 23.7. The highest BCUT2D eigenvalue weighted by molar-refractivity contribution is 5.93. The van der Waals surface area contributed by atoms with Gasteiger partial charge in [-0.05, 0) is 115 Å². The molecular weight excluding hydrogens is 813 g/mol. The maximum Gasteiger partial charge on any atom is 0.343 e. The van der Waals surface area contributed by atoms with Crippen LogP contribution in [0.5, 0.6) is 23.0 Å². The molecule has 0 aromatic heterocycles. The van der Waals surface area contributed by atoms with E-state index in [9.17, 15) is 28.8 Å². The predicted molar refractivity (Wildman–Crippen MR) is 228 cm³/mol. The van der Waals surface area contributed by atoms with E-state index in [4.69, 9.17) is 37.9 Å². The molecule has 0 amide bonds. The van der Waals surface area contributed by atoms with Gasteiger partial charge in [0.1, 0.15) is 36.2 Å². The topological polar surface area (TPSA) is 176 Å². The Balaban J connectivity index is 1.01. The maximum absolute atomic E-state index is 12.9. The second-order valence-electron chi connectivity index (χ2n) is 13.4. The Bertz CT molecular complexity index is 2380. The van der Waals surface area contributed by atoms with Crippen molar-refractivity contribution in [1.29, 1.82) is 0 Å². The van der Waals surface area contributed by atoms with Crippen LogP contribution in [0.1, 0.15) is 71.0 Å². The van der Waals surface area contributed by atoms with Crippen LogP contribution >= 0.6 is 0 Å². The van der Waals surface area contributed by atoms with Crippen molar-refractivity contribution >= 4 is 35.8 Å².